The third-order valence-electron chi connectivity index (χ3n) is 12.6. The van der Waals surface area contributed by atoms with E-state index in [2.05, 4.69) is 52.8 Å². The fourth-order valence-corrected chi connectivity index (χ4v) is 10.4. The predicted molar refractivity (Wildman–Crippen MR) is 137 cm³/mol. The third-order valence-corrected chi connectivity index (χ3v) is 12.6. The number of fused-ring (bicyclic) bond motifs is 8. The summed E-state index contributed by atoms with van der Waals surface area (Å²) in [6.45, 7) is 14.1. The average Bonchev–Trinajstić information content (AvgIpc) is 3.28. The van der Waals surface area contributed by atoms with Crippen LogP contribution in [0.15, 0.2) is 22.4 Å². The Morgan fingerprint density at radius 2 is 1.78 bits per heavy atom. The normalized spacial score (nSPS) is 46.9. The first-order valence-electron chi connectivity index (χ1n) is 14.1. The van der Waals surface area contributed by atoms with Gasteiger partial charge >= 0.3 is 5.97 Å². The first kappa shape index (κ1) is 24.4. The van der Waals surface area contributed by atoms with Crippen LogP contribution < -0.4 is 0 Å². The number of methoxy groups -OCH3 is 1. The highest BCUT2D eigenvalue weighted by molar-refractivity contribution is 5.96. The fourth-order valence-electron chi connectivity index (χ4n) is 10.4. The van der Waals surface area contributed by atoms with Crippen molar-refractivity contribution < 1.29 is 18.8 Å². The van der Waals surface area contributed by atoms with Crippen molar-refractivity contribution in [3.05, 3.63) is 29.2 Å². The van der Waals surface area contributed by atoms with Crippen LogP contribution in [0.3, 0.4) is 0 Å². The van der Waals surface area contributed by atoms with Crippen molar-refractivity contribution in [2.24, 2.45) is 44.8 Å². The third kappa shape index (κ3) is 2.81. The summed E-state index contributed by atoms with van der Waals surface area (Å²) in [5.41, 5.74) is 1.83. The number of allylic oxidation sites excluding steroid dienone is 2. The Morgan fingerprint density at radius 3 is 2.50 bits per heavy atom. The van der Waals surface area contributed by atoms with Crippen LogP contribution in [-0.2, 0) is 20.7 Å². The maximum Gasteiger partial charge on any atom is 0.312 e. The van der Waals surface area contributed by atoms with Crippen LogP contribution in [0.2, 0.25) is 0 Å². The van der Waals surface area contributed by atoms with Crippen molar-refractivity contribution in [1.82, 2.24) is 5.16 Å². The number of aromatic nitrogens is 1. The van der Waals surface area contributed by atoms with Crippen molar-refractivity contribution in [1.29, 1.82) is 0 Å². The summed E-state index contributed by atoms with van der Waals surface area (Å²) in [6.07, 6.45) is 11.5. The zero-order valence-electron chi connectivity index (χ0n) is 23.2. The quantitative estimate of drug-likeness (QED) is 0.409. The molecule has 2 unspecified atom stereocenters. The van der Waals surface area contributed by atoms with Crippen molar-refractivity contribution in [3.8, 4) is 0 Å². The van der Waals surface area contributed by atoms with E-state index in [1.165, 1.54) is 18.2 Å². The molecule has 1 aromatic heterocycles. The minimum Gasteiger partial charge on any atom is -0.469 e. The SMILES string of the molecule is COC(=O)[C@]12CCC(C)(C)CC1C1C(=O)C=C3[C@@]4(C)Cc5cnoc5[C@@H](C)[C@@H]4CC[C@@]3(C)[C@]1(C)CC2. The standard InChI is InChI=1S/C31H43NO4/c1-18-20-8-9-29(5)23(28(20,4)15-19-17-32-36-25(18)19)14-22(33)24-21-16-27(2,3)10-12-31(21,26(34)35-7)13-11-30(24,29)6/h14,17-18,20-21,24H,8-13,15-16H2,1-7H3/t18-,20-,21?,24?,28-,29+,30+,31-/m0/s1. The summed E-state index contributed by atoms with van der Waals surface area (Å²) in [5.74, 6) is 1.85. The molecule has 5 heteroatoms. The molecule has 5 nitrogen and oxygen atoms in total. The summed E-state index contributed by atoms with van der Waals surface area (Å²) >= 11 is 0. The number of ketones is 1. The van der Waals surface area contributed by atoms with Crippen LogP contribution in [-0.4, -0.2) is 24.0 Å². The van der Waals surface area contributed by atoms with Crippen molar-refractivity contribution in [3.63, 3.8) is 0 Å². The number of ether oxygens (including phenoxy) is 1. The van der Waals surface area contributed by atoms with Gasteiger partial charge in [-0.1, -0.05) is 52.3 Å². The van der Waals surface area contributed by atoms with Crippen LogP contribution >= 0.6 is 0 Å². The molecule has 6 rings (SSSR count). The Kier molecular flexibility index (Phi) is 4.99. The Hall–Kier alpha value is -1.91. The zero-order valence-corrected chi connectivity index (χ0v) is 23.2. The molecule has 0 aliphatic heterocycles. The molecule has 3 saturated carbocycles. The summed E-state index contributed by atoms with van der Waals surface area (Å²) in [7, 11) is 1.52. The largest absolute Gasteiger partial charge is 0.469 e. The minimum atomic E-state index is -0.524. The molecule has 0 amide bonds. The molecule has 0 spiro atoms. The Labute approximate surface area is 215 Å². The van der Waals surface area contributed by atoms with Gasteiger partial charge in [0.25, 0.3) is 0 Å². The van der Waals surface area contributed by atoms with E-state index < -0.39 is 5.41 Å². The highest BCUT2D eigenvalue weighted by Gasteiger charge is 2.70. The summed E-state index contributed by atoms with van der Waals surface area (Å²) in [4.78, 5) is 27.8. The van der Waals surface area contributed by atoms with Gasteiger partial charge in [-0.25, -0.2) is 0 Å². The highest BCUT2D eigenvalue weighted by Crippen LogP contribution is 2.74. The first-order valence-corrected chi connectivity index (χ1v) is 14.1. The van der Waals surface area contributed by atoms with Gasteiger partial charge in [0.05, 0.1) is 18.7 Å². The lowest BCUT2D eigenvalue weighted by Crippen LogP contribution is -2.65. The van der Waals surface area contributed by atoms with E-state index in [-0.39, 0.29) is 45.2 Å². The highest BCUT2D eigenvalue weighted by atomic mass is 16.5. The van der Waals surface area contributed by atoms with Gasteiger partial charge in [0.1, 0.15) is 5.76 Å². The van der Waals surface area contributed by atoms with Gasteiger partial charge in [0.2, 0.25) is 0 Å². The maximum absolute atomic E-state index is 14.4. The van der Waals surface area contributed by atoms with Crippen LogP contribution in [0.4, 0.5) is 0 Å². The van der Waals surface area contributed by atoms with E-state index in [4.69, 9.17) is 9.26 Å². The number of carbonyl (C=O) groups is 2. The summed E-state index contributed by atoms with van der Waals surface area (Å²) < 4.78 is 11.1. The van der Waals surface area contributed by atoms with Crippen LogP contribution in [0.5, 0.6) is 0 Å². The molecule has 1 heterocycles. The van der Waals surface area contributed by atoms with Gasteiger partial charge in [-0.3, -0.25) is 9.59 Å². The molecule has 36 heavy (non-hydrogen) atoms. The lowest BCUT2D eigenvalue weighted by molar-refractivity contribution is -0.191. The van der Waals surface area contributed by atoms with E-state index in [0.29, 0.717) is 11.8 Å². The predicted octanol–water partition coefficient (Wildman–Crippen LogP) is 6.67. The van der Waals surface area contributed by atoms with Crippen LogP contribution in [0, 0.1) is 44.8 Å². The fraction of sp³-hybridized carbons (Fsp3) is 0.774. The molecule has 0 N–H and O–H groups in total. The van der Waals surface area contributed by atoms with Gasteiger partial charge in [0, 0.05) is 17.4 Å². The summed E-state index contributed by atoms with van der Waals surface area (Å²) in [5, 5.41) is 4.14. The second-order valence-corrected chi connectivity index (χ2v) is 14.6. The van der Waals surface area contributed by atoms with Crippen LogP contribution in [0.1, 0.15) is 104 Å². The molecule has 0 radical (unpaired) electrons. The maximum atomic E-state index is 14.4. The first-order chi connectivity index (χ1) is 16.8. The zero-order chi connectivity index (χ0) is 25.9. The van der Waals surface area contributed by atoms with E-state index in [1.54, 1.807) is 0 Å². The van der Waals surface area contributed by atoms with Gasteiger partial charge < -0.3 is 9.26 Å². The Balaban J connectivity index is 1.50. The summed E-state index contributed by atoms with van der Waals surface area (Å²) in [6, 6.07) is 0. The average molecular weight is 494 g/mol. The second-order valence-electron chi connectivity index (χ2n) is 14.6. The number of carbonyl (C=O) groups excluding carboxylic acids is 2. The van der Waals surface area contributed by atoms with Crippen LogP contribution in [0.25, 0.3) is 0 Å². The monoisotopic (exact) mass is 493 g/mol. The van der Waals surface area contributed by atoms with Gasteiger partial charge in [0.15, 0.2) is 5.78 Å². The van der Waals surface area contributed by atoms with E-state index in [1.807, 2.05) is 6.20 Å². The van der Waals surface area contributed by atoms with Crippen molar-refractivity contribution >= 4 is 11.8 Å². The van der Waals surface area contributed by atoms with Crippen molar-refractivity contribution in [2.75, 3.05) is 7.11 Å². The number of nitrogens with zero attached hydrogens (tertiary/aromatic N) is 1. The number of rotatable bonds is 1. The minimum absolute atomic E-state index is 0.0371. The van der Waals surface area contributed by atoms with E-state index in [0.717, 1.165) is 57.1 Å². The molecule has 0 aromatic carbocycles. The molecule has 196 valence electrons. The van der Waals surface area contributed by atoms with E-state index >= 15 is 0 Å². The number of hydrogen-bond donors (Lipinski definition) is 0. The molecular weight excluding hydrogens is 450 g/mol. The lowest BCUT2D eigenvalue weighted by Gasteiger charge is -2.68. The molecule has 0 saturated heterocycles. The number of hydrogen-bond acceptors (Lipinski definition) is 5. The topological polar surface area (TPSA) is 69.4 Å². The molecular formula is C31H43NO4. The Bertz CT molecular complexity index is 1160. The molecule has 3 fully saturated rings. The molecule has 1 aromatic rings. The second kappa shape index (κ2) is 7.35. The lowest BCUT2D eigenvalue weighted by atomic mass is 9.34. The van der Waals surface area contributed by atoms with E-state index in [9.17, 15) is 9.59 Å². The molecule has 5 aliphatic carbocycles. The van der Waals surface area contributed by atoms with Gasteiger partial charge in [-0.05, 0) is 90.9 Å². The molecule has 8 atom stereocenters. The molecule has 5 aliphatic rings. The molecule has 0 bridgehead atoms. The number of esters is 1. The smallest absolute Gasteiger partial charge is 0.312 e. The van der Waals surface area contributed by atoms with Gasteiger partial charge in [-0.15, -0.1) is 0 Å². The van der Waals surface area contributed by atoms with Gasteiger partial charge in [-0.2, -0.15) is 0 Å². The Morgan fingerprint density at radius 1 is 1.06 bits per heavy atom. The van der Waals surface area contributed by atoms with Crippen molar-refractivity contribution in [2.45, 2.75) is 98.8 Å².